The second-order valence-corrected chi connectivity index (χ2v) is 6.03. The third-order valence-corrected chi connectivity index (χ3v) is 4.22. The molecule has 0 aliphatic carbocycles. The average molecular weight is 447 g/mol. The zero-order chi connectivity index (χ0) is 14.7. The molecule has 0 spiro atoms. The number of amides is 1. The largest absolute Gasteiger partial charge is 0.494 e. The summed E-state index contributed by atoms with van der Waals surface area (Å²) >= 11 is 5.51. The van der Waals surface area contributed by atoms with E-state index in [1.54, 1.807) is 18.2 Å². The first kappa shape index (κ1) is 15.1. The molecule has 1 amide bonds. The van der Waals surface area contributed by atoms with Crippen LogP contribution in [0.3, 0.4) is 0 Å². The number of rotatable bonds is 3. The van der Waals surface area contributed by atoms with Crippen LogP contribution in [-0.2, 0) is 0 Å². The number of methoxy groups -OCH3 is 1. The summed E-state index contributed by atoms with van der Waals surface area (Å²) in [6, 6.07) is 10.7. The predicted molar refractivity (Wildman–Crippen MR) is 92.2 cm³/mol. The first-order valence-electron chi connectivity index (χ1n) is 5.72. The normalized spacial score (nSPS) is 10.2. The number of carbonyl (C=O) groups excluding carboxylic acids is 1. The molecule has 0 atom stereocenters. The van der Waals surface area contributed by atoms with Crippen molar-refractivity contribution in [1.82, 2.24) is 0 Å². The first-order valence-corrected chi connectivity index (χ1v) is 7.59. The van der Waals surface area contributed by atoms with Gasteiger partial charge in [0.25, 0.3) is 5.91 Å². The highest BCUT2D eigenvalue weighted by Gasteiger charge is 2.15. The van der Waals surface area contributed by atoms with Crippen LogP contribution in [0, 0.1) is 3.57 Å². The number of nitrogens with two attached hydrogens (primary N) is 1. The first-order chi connectivity index (χ1) is 9.52. The Morgan fingerprint density at radius 1 is 1.35 bits per heavy atom. The van der Waals surface area contributed by atoms with Crippen LogP contribution in [0.4, 0.5) is 11.4 Å². The Kier molecular flexibility index (Phi) is 4.87. The number of ether oxygens (including phenoxy) is 1. The lowest BCUT2D eigenvalue weighted by Crippen LogP contribution is -2.14. The van der Waals surface area contributed by atoms with Gasteiger partial charge in [0.2, 0.25) is 0 Å². The van der Waals surface area contributed by atoms with Gasteiger partial charge in [-0.15, -0.1) is 0 Å². The zero-order valence-electron chi connectivity index (χ0n) is 10.6. The Morgan fingerprint density at radius 2 is 2.05 bits per heavy atom. The van der Waals surface area contributed by atoms with E-state index in [1.165, 1.54) is 7.11 Å². The molecule has 3 N–H and O–H groups in total. The molecule has 4 nitrogen and oxygen atoms in total. The van der Waals surface area contributed by atoms with Gasteiger partial charge in [0.15, 0.2) is 0 Å². The van der Waals surface area contributed by atoms with Crippen molar-refractivity contribution in [2.75, 3.05) is 18.2 Å². The summed E-state index contributed by atoms with van der Waals surface area (Å²) in [6.45, 7) is 0. The highest BCUT2D eigenvalue weighted by molar-refractivity contribution is 14.1. The topological polar surface area (TPSA) is 64.3 Å². The molecule has 0 radical (unpaired) electrons. The van der Waals surface area contributed by atoms with E-state index in [9.17, 15) is 4.79 Å². The quantitative estimate of drug-likeness (QED) is 0.555. The van der Waals surface area contributed by atoms with Crippen molar-refractivity contribution < 1.29 is 9.53 Å². The van der Waals surface area contributed by atoms with E-state index < -0.39 is 0 Å². The maximum absolute atomic E-state index is 12.3. The van der Waals surface area contributed by atoms with Crippen LogP contribution in [0.5, 0.6) is 5.75 Å². The maximum Gasteiger partial charge on any atom is 0.256 e. The second-order valence-electron chi connectivity index (χ2n) is 4.01. The summed E-state index contributed by atoms with van der Waals surface area (Å²) in [4.78, 5) is 12.3. The Morgan fingerprint density at radius 3 is 2.70 bits per heavy atom. The molecule has 0 unspecified atom stereocenters. The van der Waals surface area contributed by atoms with Crippen molar-refractivity contribution in [3.8, 4) is 5.75 Å². The van der Waals surface area contributed by atoms with E-state index in [0.717, 1.165) is 3.57 Å². The summed E-state index contributed by atoms with van der Waals surface area (Å²) in [5, 5.41) is 2.84. The van der Waals surface area contributed by atoms with Gasteiger partial charge in [-0.1, -0.05) is 12.1 Å². The molecule has 104 valence electrons. The third-order valence-electron chi connectivity index (χ3n) is 2.65. The van der Waals surface area contributed by atoms with E-state index >= 15 is 0 Å². The Bertz CT molecular complexity index is 662. The molecule has 0 saturated carbocycles. The minimum Gasteiger partial charge on any atom is -0.494 e. The molecule has 6 heteroatoms. The van der Waals surface area contributed by atoms with Crippen LogP contribution in [0.15, 0.2) is 40.9 Å². The van der Waals surface area contributed by atoms with Crippen molar-refractivity contribution in [2.24, 2.45) is 0 Å². The minimum absolute atomic E-state index is 0.196. The van der Waals surface area contributed by atoms with Crippen LogP contribution in [0.1, 0.15) is 10.4 Å². The van der Waals surface area contributed by atoms with E-state index in [2.05, 4.69) is 43.8 Å². The van der Waals surface area contributed by atoms with Gasteiger partial charge in [-0.3, -0.25) is 4.79 Å². The van der Waals surface area contributed by atoms with Crippen molar-refractivity contribution >= 4 is 55.8 Å². The fraction of sp³-hybridized carbons (Fsp3) is 0.0714. The molecular weight excluding hydrogens is 435 g/mol. The van der Waals surface area contributed by atoms with Gasteiger partial charge in [-0.05, 0) is 56.7 Å². The molecule has 20 heavy (non-hydrogen) atoms. The monoisotopic (exact) mass is 446 g/mol. The third kappa shape index (κ3) is 3.24. The predicted octanol–water partition coefficient (Wildman–Crippen LogP) is 3.90. The maximum atomic E-state index is 12.3. The van der Waals surface area contributed by atoms with E-state index in [1.807, 2.05) is 18.2 Å². The van der Waals surface area contributed by atoms with Gasteiger partial charge >= 0.3 is 0 Å². The summed E-state index contributed by atoms with van der Waals surface area (Å²) in [6.07, 6.45) is 0. The highest BCUT2D eigenvalue weighted by Crippen LogP contribution is 2.35. The van der Waals surface area contributed by atoms with E-state index in [-0.39, 0.29) is 5.91 Å². The summed E-state index contributed by atoms with van der Waals surface area (Å²) < 4.78 is 6.80. The Hall–Kier alpha value is -1.28. The van der Waals surface area contributed by atoms with Gasteiger partial charge in [-0.25, -0.2) is 0 Å². The van der Waals surface area contributed by atoms with Gasteiger partial charge in [0.05, 0.1) is 18.4 Å². The lowest BCUT2D eigenvalue weighted by molar-refractivity contribution is 0.102. The second kappa shape index (κ2) is 6.45. The molecule has 0 saturated heterocycles. The molecule has 2 rings (SSSR count). The smallest absolute Gasteiger partial charge is 0.256 e. The number of hydrogen-bond acceptors (Lipinski definition) is 3. The van der Waals surface area contributed by atoms with Crippen LogP contribution in [0.2, 0.25) is 0 Å². The average Bonchev–Trinajstić information content (AvgIpc) is 2.41. The van der Waals surface area contributed by atoms with Crippen molar-refractivity contribution in [3.63, 3.8) is 0 Å². The number of nitrogens with one attached hydrogen (secondary N) is 1. The van der Waals surface area contributed by atoms with Crippen molar-refractivity contribution in [3.05, 3.63) is 50.0 Å². The van der Waals surface area contributed by atoms with Crippen LogP contribution in [-0.4, -0.2) is 13.0 Å². The van der Waals surface area contributed by atoms with Gasteiger partial charge in [0.1, 0.15) is 5.75 Å². The molecule has 0 bridgehead atoms. The van der Waals surface area contributed by atoms with Gasteiger partial charge < -0.3 is 15.8 Å². The van der Waals surface area contributed by atoms with E-state index in [4.69, 9.17) is 10.5 Å². The number of carbonyl (C=O) groups is 1. The fourth-order valence-electron chi connectivity index (χ4n) is 1.71. The van der Waals surface area contributed by atoms with Gasteiger partial charge in [-0.2, -0.15) is 0 Å². The lowest BCUT2D eigenvalue weighted by Gasteiger charge is -2.13. The zero-order valence-corrected chi connectivity index (χ0v) is 14.4. The molecule has 0 fully saturated rings. The number of nitrogen functional groups attached to an aromatic ring is 1. The molecular formula is C14H12BrIN2O2. The summed E-state index contributed by atoms with van der Waals surface area (Å²) in [5.74, 6) is 0.315. The Labute approximate surface area is 139 Å². The Balaban J connectivity index is 2.35. The van der Waals surface area contributed by atoms with Gasteiger partial charge in [0, 0.05) is 19.8 Å². The number of hydrogen-bond donors (Lipinski definition) is 2. The SMILES string of the molecule is COc1cc(N)cc(Br)c1NC(=O)c1ccccc1I. The summed E-state index contributed by atoms with van der Waals surface area (Å²) in [7, 11) is 1.53. The molecule has 0 heterocycles. The molecule has 2 aromatic rings. The molecule has 0 aliphatic rings. The number of benzene rings is 2. The fourth-order valence-corrected chi connectivity index (χ4v) is 2.90. The lowest BCUT2D eigenvalue weighted by atomic mass is 10.2. The molecule has 0 aromatic heterocycles. The van der Waals surface area contributed by atoms with Crippen LogP contribution < -0.4 is 15.8 Å². The highest BCUT2D eigenvalue weighted by atomic mass is 127. The number of anilines is 2. The van der Waals surface area contributed by atoms with E-state index in [0.29, 0.717) is 27.2 Å². The molecule has 0 aliphatic heterocycles. The standard InChI is InChI=1S/C14H12BrIN2O2/c1-20-12-7-8(17)6-10(15)13(12)18-14(19)9-4-2-3-5-11(9)16/h2-7H,17H2,1H3,(H,18,19). The van der Waals surface area contributed by atoms with Crippen LogP contribution >= 0.6 is 38.5 Å². The molecule has 2 aromatic carbocycles. The minimum atomic E-state index is -0.196. The number of halogens is 2. The van der Waals surface area contributed by atoms with Crippen molar-refractivity contribution in [2.45, 2.75) is 0 Å². The van der Waals surface area contributed by atoms with Crippen molar-refractivity contribution in [1.29, 1.82) is 0 Å². The van der Waals surface area contributed by atoms with Crippen LogP contribution in [0.25, 0.3) is 0 Å². The summed E-state index contributed by atoms with van der Waals surface area (Å²) in [5.41, 5.74) is 7.47.